The van der Waals surface area contributed by atoms with E-state index < -0.39 is 0 Å². The minimum Gasteiger partial charge on any atom is -0.392 e. The fourth-order valence-electron chi connectivity index (χ4n) is 2.67. The van der Waals surface area contributed by atoms with Gasteiger partial charge >= 0.3 is 0 Å². The first-order valence-electron chi connectivity index (χ1n) is 7.84. The van der Waals surface area contributed by atoms with Gasteiger partial charge in [-0.25, -0.2) is 4.98 Å². The van der Waals surface area contributed by atoms with E-state index in [4.69, 9.17) is 5.11 Å². The number of amides is 1. The quantitative estimate of drug-likeness (QED) is 0.749. The van der Waals surface area contributed by atoms with Crippen molar-refractivity contribution in [3.8, 4) is 0 Å². The summed E-state index contributed by atoms with van der Waals surface area (Å²) in [5.74, 6) is -0.139. The van der Waals surface area contributed by atoms with Crippen LogP contribution in [0.3, 0.4) is 0 Å². The average Bonchev–Trinajstić information content (AvgIpc) is 2.89. The lowest BCUT2D eigenvalue weighted by molar-refractivity contribution is 0.0954. The van der Waals surface area contributed by atoms with Gasteiger partial charge in [0.1, 0.15) is 0 Å². The molecule has 2 aromatic heterocycles. The Balaban J connectivity index is 1.63. The molecule has 0 unspecified atom stereocenters. The first kappa shape index (κ1) is 16.1. The molecule has 0 aliphatic heterocycles. The summed E-state index contributed by atoms with van der Waals surface area (Å²) in [7, 11) is 1.84. The number of benzene rings is 1. The van der Waals surface area contributed by atoms with Crippen LogP contribution in [-0.4, -0.2) is 32.3 Å². The molecular weight excluding hydrogens is 304 g/mol. The highest BCUT2D eigenvalue weighted by molar-refractivity contribution is 5.97. The van der Waals surface area contributed by atoms with Crippen LogP contribution in [0.5, 0.6) is 0 Å². The third kappa shape index (κ3) is 3.28. The Kier molecular flexibility index (Phi) is 4.57. The van der Waals surface area contributed by atoms with E-state index in [1.807, 2.05) is 44.3 Å². The summed E-state index contributed by atoms with van der Waals surface area (Å²) < 4.78 is 1.71. The zero-order valence-corrected chi connectivity index (χ0v) is 13.8. The van der Waals surface area contributed by atoms with Crippen molar-refractivity contribution in [3.05, 3.63) is 58.9 Å². The van der Waals surface area contributed by atoms with Crippen LogP contribution in [0.15, 0.2) is 36.5 Å². The van der Waals surface area contributed by atoms with E-state index in [1.54, 1.807) is 10.9 Å². The Morgan fingerprint density at radius 2 is 1.96 bits per heavy atom. The van der Waals surface area contributed by atoms with Crippen molar-refractivity contribution < 1.29 is 9.90 Å². The Morgan fingerprint density at radius 1 is 1.25 bits per heavy atom. The van der Waals surface area contributed by atoms with E-state index in [0.717, 1.165) is 34.3 Å². The molecule has 124 valence electrons. The summed E-state index contributed by atoms with van der Waals surface area (Å²) in [6, 6.07) is 9.53. The highest BCUT2D eigenvalue weighted by Crippen LogP contribution is 2.16. The van der Waals surface area contributed by atoms with Crippen molar-refractivity contribution in [2.45, 2.75) is 20.0 Å². The molecule has 0 radical (unpaired) electrons. The predicted molar refractivity (Wildman–Crippen MR) is 91.6 cm³/mol. The van der Waals surface area contributed by atoms with Gasteiger partial charge in [0.05, 0.1) is 17.9 Å². The summed E-state index contributed by atoms with van der Waals surface area (Å²) in [6.07, 6.45) is 2.31. The maximum atomic E-state index is 12.3. The topological polar surface area (TPSA) is 80.0 Å². The largest absolute Gasteiger partial charge is 0.392 e. The number of nitrogens with one attached hydrogen (secondary N) is 1. The average molecular weight is 324 g/mol. The summed E-state index contributed by atoms with van der Waals surface area (Å²) in [5.41, 5.74) is 4.17. The van der Waals surface area contributed by atoms with Crippen molar-refractivity contribution in [2.75, 3.05) is 6.54 Å². The smallest absolute Gasteiger partial charge is 0.252 e. The van der Waals surface area contributed by atoms with Crippen LogP contribution in [0.25, 0.3) is 11.0 Å². The first-order chi connectivity index (χ1) is 11.6. The normalized spacial score (nSPS) is 11.0. The zero-order chi connectivity index (χ0) is 17.1. The molecule has 0 aliphatic rings. The van der Waals surface area contributed by atoms with Crippen LogP contribution in [-0.2, 0) is 20.1 Å². The number of aromatic nitrogens is 3. The van der Waals surface area contributed by atoms with Crippen LogP contribution in [0.1, 0.15) is 27.2 Å². The number of aliphatic hydroxyl groups is 1. The molecule has 0 aliphatic carbocycles. The van der Waals surface area contributed by atoms with Crippen LogP contribution in [0.2, 0.25) is 0 Å². The summed E-state index contributed by atoms with van der Waals surface area (Å²) in [5, 5.41) is 17.1. The monoisotopic (exact) mass is 324 g/mol. The predicted octanol–water partition coefficient (Wildman–Crippen LogP) is 1.74. The van der Waals surface area contributed by atoms with Crippen molar-refractivity contribution in [1.29, 1.82) is 0 Å². The lowest BCUT2D eigenvalue weighted by Crippen LogP contribution is -2.25. The highest BCUT2D eigenvalue weighted by atomic mass is 16.3. The Labute approximate surface area is 140 Å². The maximum absolute atomic E-state index is 12.3. The zero-order valence-electron chi connectivity index (χ0n) is 13.8. The molecule has 0 bridgehead atoms. The van der Waals surface area contributed by atoms with Crippen LogP contribution >= 0.6 is 0 Å². The Morgan fingerprint density at radius 3 is 2.67 bits per heavy atom. The van der Waals surface area contributed by atoms with Crippen molar-refractivity contribution in [1.82, 2.24) is 20.1 Å². The van der Waals surface area contributed by atoms with Gasteiger partial charge in [0.2, 0.25) is 0 Å². The van der Waals surface area contributed by atoms with Crippen LogP contribution < -0.4 is 5.32 Å². The van der Waals surface area contributed by atoms with Crippen molar-refractivity contribution in [3.63, 3.8) is 0 Å². The summed E-state index contributed by atoms with van der Waals surface area (Å²) in [4.78, 5) is 16.6. The second kappa shape index (κ2) is 6.80. The number of fused-ring (bicyclic) bond motifs is 1. The van der Waals surface area contributed by atoms with Gasteiger partial charge in [-0.15, -0.1) is 0 Å². The number of hydrogen-bond acceptors (Lipinski definition) is 4. The fourth-order valence-corrected chi connectivity index (χ4v) is 2.67. The summed E-state index contributed by atoms with van der Waals surface area (Å²) in [6.45, 7) is 2.49. The second-order valence-electron chi connectivity index (χ2n) is 5.78. The lowest BCUT2D eigenvalue weighted by Gasteiger charge is -2.06. The second-order valence-corrected chi connectivity index (χ2v) is 5.78. The van der Waals surface area contributed by atoms with E-state index >= 15 is 0 Å². The van der Waals surface area contributed by atoms with Gasteiger partial charge in [-0.2, -0.15) is 5.10 Å². The SMILES string of the molecule is Cc1nn(C)c2ncc(C(=O)NCCc3ccc(CO)cc3)cc12. The molecule has 3 rings (SSSR count). The van der Waals surface area contributed by atoms with E-state index in [0.29, 0.717) is 12.1 Å². The van der Waals surface area contributed by atoms with E-state index in [2.05, 4.69) is 15.4 Å². The molecule has 6 heteroatoms. The number of carbonyl (C=O) groups is 1. The molecule has 2 heterocycles. The Bertz CT molecular complexity index is 869. The minimum absolute atomic E-state index is 0.0419. The van der Waals surface area contributed by atoms with Crippen molar-refractivity contribution >= 4 is 16.9 Å². The van der Waals surface area contributed by atoms with E-state index in [9.17, 15) is 4.79 Å². The Hall–Kier alpha value is -2.73. The highest BCUT2D eigenvalue weighted by Gasteiger charge is 2.11. The van der Waals surface area contributed by atoms with Crippen molar-refractivity contribution in [2.24, 2.45) is 7.05 Å². The van der Waals surface area contributed by atoms with E-state index in [-0.39, 0.29) is 12.5 Å². The van der Waals surface area contributed by atoms with E-state index in [1.165, 1.54) is 0 Å². The minimum atomic E-state index is -0.139. The lowest BCUT2D eigenvalue weighted by atomic mass is 10.1. The van der Waals surface area contributed by atoms with Crippen LogP contribution in [0, 0.1) is 6.92 Å². The number of nitrogens with zero attached hydrogens (tertiary/aromatic N) is 3. The molecule has 3 aromatic rings. The fraction of sp³-hybridized carbons (Fsp3) is 0.278. The van der Waals surface area contributed by atoms with Gasteiger partial charge in [-0.3, -0.25) is 9.48 Å². The number of pyridine rings is 1. The number of hydrogen-bond donors (Lipinski definition) is 2. The number of aryl methyl sites for hydroxylation is 2. The number of carbonyl (C=O) groups excluding carboxylic acids is 1. The van der Waals surface area contributed by atoms with Gasteiger partial charge in [0, 0.05) is 25.2 Å². The maximum Gasteiger partial charge on any atom is 0.252 e. The summed E-state index contributed by atoms with van der Waals surface area (Å²) >= 11 is 0. The number of aliphatic hydroxyl groups excluding tert-OH is 1. The van der Waals surface area contributed by atoms with Gasteiger partial charge < -0.3 is 10.4 Å². The molecule has 0 spiro atoms. The molecule has 24 heavy (non-hydrogen) atoms. The molecular formula is C18H20N4O2. The number of rotatable bonds is 5. The molecule has 0 saturated heterocycles. The third-order valence-corrected chi connectivity index (χ3v) is 4.03. The molecule has 1 aromatic carbocycles. The van der Waals surface area contributed by atoms with Gasteiger partial charge in [0.25, 0.3) is 5.91 Å². The van der Waals surface area contributed by atoms with Gasteiger partial charge in [0.15, 0.2) is 5.65 Å². The molecule has 1 amide bonds. The van der Waals surface area contributed by atoms with Crippen LogP contribution in [0.4, 0.5) is 0 Å². The standard InChI is InChI=1S/C18H20N4O2/c1-12-16-9-15(10-20-17(16)22(2)21-12)18(24)19-8-7-13-3-5-14(11-23)6-4-13/h3-6,9-10,23H,7-8,11H2,1-2H3,(H,19,24). The molecule has 0 fully saturated rings. The van der Waals surface area contributed by atoms with Gasteiger partial charge in [-0.1, -0.05) is 24.3 Å². The first-order valence-corrected chi connectivity index (χ1v) is 7.84. The molecule has 0 saturated carbocycles. The molecule has 0 atom stereocenters. The third-order valence-electron chi connectivity index (χ3n) is 4.03. The van der Waals surface area contributed by atoms with Gasteiger partial charge in [-0.05, 0) is 30.5 Å². The molecule has 2 N–H and O–H groups in total. The molecule has 6 nitrogen and oxygen atoms in total.